The van der Waals surface area contributed by atoms with Gasteiger partial charge in [-0.3, -0.25) is 4.85 Å². The summed E-state index contributed by atoms with van der Waals surface area (Å²) in [6.07, 6.45) is 9.92. The highest BCUT2D eigenvalue weighted by Crippen LogP contribution is 2.29. The lowest BCUT2D eigenvalue weighted by molar-refractivity contribution is -0.604. The van der Waals surface area contributed by atoms with Gasteiger partial charge >= 0.3 is 18.0 Å². The number of hydrogen-bond acceptors (Lipinski definition) is 10. The van der Waals surface area contributed by atoms with E-state index in [1.54, 1.807) is 30.3 Å². The molecule has 13 heteroatoms. The predicted molar refractivity (Wildman–Crippen MR) is 204 cm³/mol. The van der Waals surface area contributed by atoms with E-state index in [9.17, 15) is 35.7 Å². The summed E-state index contributed by atoms with van der Waals surface area (Å²) in [5.74, 6) is -1.86. The maximum Gasteiger partial charge on any atom is 0.337 e. The molecular formula is C44H27N7O6. The zero-order chi connectivity index (χ0) is 41.3. The largest absolute Gasteiger partial charge is 0.540 e. The summed E-state index contributed by atoms with van der Waals surface area (Å²) < 4.78 is 16.6. The fourth-order valence-electron chi connectivity index (χ4n) is 5.36. The smallest absolute Gasteiger partial charge is 0.337 e. The molecule has 4 rings (SSSR count). The molecule has 0 bridgehead atoms. The molecule has 0 amide bonds. The molecule has 0 N–H and O–H groups in total. The SMILES string of the molecule is [C-]#[N+]/C(C#N)=C(/C(C#N)=C/C=C/c1oc([O-])c(/C=C/C=C/C(C#N)=C(/c2ccc(C(=O)OC)cc2)C(C#N)[N+]#[C-])[n+]1-c1ccccc1)c1ccc(C(=O)OC)cc1. The molecule has 1 unspecified atom stereocenters. The zero-order valence-corrected chi connectivity index (χ0v) is 30.2. The second-order valence-electron chi connectivity index (χ2n) is 11.2. The van der Waals surface area contributed by atoms with E-state index >= 15 is 0 Å². The highest BCUT2D eigenvalue weighted by atomic mass is 16.5. The Balaban J connectivity index is 1.77. The second kappa shape index (κ2) is 19.7. The van der Waals surface area contributed by atoms with Crippen molar-refractivity contribution in [2.45, 2.75) is 6.04 Å². The molecule has 0 radical (unpaired) electrons. The highest BCUT2D eigenvalue weighted by molar-refractivity contribution is 5.92. The Morgan fingerprint density at radius 3 is 1.89 bits per heavy atom. The molecule has 0 aliphatic carbocycles. The summed E-state index contributed by atoms with van der Waals surface area (Å²) in [4.78, 5) is 30.5. The van der Waals surface area contributed by atoms with Crippen molar-refractivity contribution in [2.24, 2.45) is 0 Å². The molecule has 13 nitrogen and oxygen atoms in total. The van der Waals surface area contributed by atoms with Gasteiger partial charge in [-0.15, -0.1) is 4.57 Å². The number of methoxy groups -OCH3 is 2. The number of oxazole rings is 1. The number of nitrogens with zero attached hydrogens (tertiary/aromatic N) is 7. The molecule has 274 valence electrons. The number of nitriles is 4. The van der Waals surface area contributed by atoms with Crippen LogP contribution >= 0.6 is 0 Å². The summed E-state index contributed by atoms with van der Waals surface area (Å²) in [7, 11) is 2.47. The Hall–Kier alpha value is -9.01. The first-order valence-corrected chi connectivity index (χ1v) is 16.4. The molecule has 1 aromatic heterocycles. The van der Waals surface area contributed by atoms with Crippen molar-refractivity contribution >= 4 is 35.2 Å². The number of para-hydroxylation sites is 1. The van der Waals surface area contributed by atoms with Crippen LogP contribution in [0.15, 0.2) is 131 Å². The van der Waals surface area contributed by atoms with Gasteiger partial charge in [0.05, 0.1) is 66.8 Å². The molecule has 0 saturated heterocycles. The number of rotatable bonds is 12. The average Bonchev–Trinajstić information content (AvgIpc) is 3.57. The lowest BCUT2D eigenvalue weighted by Gasteiger charge is -2.08. The number of esters is 2. The zero-order valence-electron chi connectivity index (χ0n) is 30.2. The van der Waals surface area contributed by atoms with E-state index in [0.717, 1.165) is 0 Å². The molecule has 0 aliphatic rings. The molecule has 3 aromatic carbocycles. The Kier molecular flexibility index (Phi) is 14.1. The van der Waals surface area contributed by atoms with Crippen molar-refractivity contribution < 1.29 is 33.2 Å². The van der Waals surface area contributed by atoms with Crippen molar-refractivity contribution in [3.63, 3.8) is 0 Å². The fourth-order valence-corrected chi connectivity index (χ4v) is 5.36. The quantitative estimate of drug-likeness (QED) is 0.0484. The first-order chi connectivity index (χ1) is 27.7. The third-order valence-corrected chi connectivity index (χ3v) is 8.00. The number of ether oxygens (including phenoxy) is 2. The summed E-state index contributed by atoms with van der Waals surface area (Å²) in [6.45, 7) is 15.1. The Morgan fingerprint density at radius 1 is 0.789 bits per heavy atom. The topological polar surface area (TPSA) is 197 Å². The molecule has 1 heterocycles. The summed E-state index contributed by atoms with van der Waals surface area (Å²) in [5, 5.41) is 52.8. The first-order valence-electron chi connectivity index (χ1n) is 16.4. The summed E-state index contributed by atoms with van der Waals surface area (Å²) in [6, 6.07) is 26.9. The Bertz CT molecular complexity index is 2610. The van der Waals surface area contributed by atoms with Gasteiger partial charge in [-0.1, -0.05) is 60.7 Å². The number of aromatic nitrogens is 1. The molecular weight excluding hydrogens is 723 g/mol. The van der Waals surface area contributed by atoms with Crippen LogP contribution in [-0.2, 0) is 9.47 Å². The number of hydrogen-bond donors (Lipinski definition) is 0. The highest BCUT2D eigenvalue weighted by Gasteiger charge is 2.25. The summed E-state index contributed by atoms with van der Waals surface area (Å²) >= 11 is 0. The lowest BCUT2D eigenvalue weighted by atomic mass is 9.93. The van der Waals surface area contributed by atoms with Crippen LogP contribution in [0, 0.1) is 58.5 Å². The van der Waals surface area contributed by atoms with E-state index in [4.69, 9.17) is 27.0 Å². The van der Waals surface area contributed by atoms with Crippen LogP contribution in [0.1, 0.15) is 43.4 Å². The third-order valence-electron chi connectivity index (χ3n) is 8.00. The average molecular weight is 750 g/mol. The van der Waals surface area contributed by atoms with E-state index in [-0.39, 0.29) is 50.7 Å². The first kappa shape index (κ1) is 40.8. The Morgan fingerprint density at radius 2 is 1.39 bits per heavy atom. The monoisotopic (exact) mass is 749 g/mol. The minimum Gasteiger partial charge on any atom is -0.540 e. The van der Waals surface area contributed by atoms with Crippen LogP contribution in [-0.4, -0.2) is 32.2 Å². The number of carbonyl (C=O) groups excluding carboxylic acids is 2. The summed E-state index contributed by atoms with van der Waals surface area (Å²) in [5.41, 5.74) is 1.47. The van der Waals surface area contributed by atoms with Crippen LogP contribution in [0.25, 0.3) is 38.7 Å². The third kappa shape index (κ3) is 9.51. The van der Waals surface area contributed by atoms with Crippen molar-refractivity contribution in [3.05, 3.63) is 183 Å². The number of benzene rings is 3. The minimum atomic E-state index is -1.34. The van der Waals surface area contributed by atoms with Crippen LogP contribution in [0.3, 0.4) is 0 Å². The standard InChI is InChI=1S/C44H27N7O6/c1-49-36(27-47)40(29-17-21-31(22-18-29)42(52)55-3)33(25-45)11-8-9-15-38-44(54)57-39(51(38)35-13-6-5-7-14-35)16-10-12-34(26-46)41(37(28-48)50-2)30-19-23-32(24-20-30)43(53)56-4/h5-24,36H,3-4H3/b16-10+,34-12+,41-37+. The normalized spacial score (nSPS) is 12.5. The van der Waals surface area contributed by atoms with Gasteiger partial charge < -0.3 is 19.0 Å². The predicted octanol–water partition coefficient (Wildman–Crippen LogP) is 6.88. The molecule has 0 aliphatic heterocycles. The fraction of sp³-hybridized carbons (Fsp3) is 0.0682. The molecule has 0 fully saturated rings. The van der Waals surface area contributed by atoms with Gasteiger partial charge in [0.15, 0.2) is 6.07 Å². The van der Waals surface area contributed by atoms with Crippen molar-refractivity contribution in [2.75, 3.05) is 14.2 Å². The van der Waals surface area contributed by atoms with Crippen molar-refractivity contribution in [1.82, 2.24) is 0 Å². The van der Waals surface area contributed by atoms with Crippen LogP contribution < -0.4 is 9.67 Å². The molecule has 0 spiro atoms. The number of allylic oxidation sites excluding steroid dienone is 9. The van der Waals surface area contributed by atoms with Gasteiger partial charge in [0, 0.05) is 29.9 Å². The van der Waals surface area contributed by atoms with Crippen LogP contribution in [0.2, 0.25) is 0 Å². The maximum absolute atomic E-state index is 13.2. The van der Waals surface area contributed by atoms with Gasteiger partial charge in [0.1, 0.15) is 5.95 Å². The van der Waals surface area contributed by atoms with Crippen molar-refractivity contribution in [3.8, 4) is 35.9 Å². The molecule has 57 heavy (non-hydrogen) atoms. The van der Waals surface area contributed by atoms with Gasteiger partial charge in [-0.25, -0.2) is 26.3 Å². The van der Waals surface area contributed by atoms with Gasteiger partial charge in [-0.05, 0) is 47.5 Å². The Labute approximate surface area is 327 Å². The number of carbonyl (C=O) groups is 2. The van der Waals surface area contributed by atoms with Crippen LogP contribution in [0.4, 0.5) is 0 Å². The second-order valence-corrected chi connectivity index (χ2v) is 11.2. The lowest BCUT2D eigenvalue weighted by Crippen LogP contribution is -2.34. The van der Waals surface area contributed by atoms with Gasteiger partial charge in [0.25, 0.3) is 11.6 Å². The molecule has 4 aromatic rings. The van der Waals surface area contributed by atoms with E-state index in [1.807, 2.05) is 24.3 Å². The molecule has 0 saturated carbocycles. The van der Waals surface area contributed by atoms with Gasteiger partial charge in [-0.2, -0.15) is 15.8 Å². The molecule has 1 atom stereocenters. The van der Waals surface area contributed by atoms with E-state index in [2.05, 4.69) is 9.69 Å². The maximum atomic E-state index is 13.2. The van der Waals surface area contributed by atoms with Gasteiger partial charge in [0.2, 0.25) is 11.4 Å². The van der Waals surface area contributed by atoms with E-state index in [0.29, 0.717) is 16.8 Å². The van der Waals surface area contributed by atoms with E-state index < -0.39 is 23.9 Å². The van der Waals surface area contributed by atoms with E-state index in [1.165, 1.54) is 110 Å². The van der Waals surface area contributed by atoms with Crippen LogP contribution in [0.5, 0.6) is 5.95 Å². The van der Waals surface area contributed by atoms with Crippen molar-refractivity contribution in [1.29, 1.82) is 21.0 Å². The minimum absolute atomic E-state index is 0.00667.